The predicted molar refractivity (Wildman–Crippen MR) is 106 cm³/mol. The van der Waals surface area contributed by atoms with Crippen molar-refractivity contribution in [2.24, 2.45) is 5.84 Å². The van der Waals surface area contributed by atoms with Crippen LogP contribution in [0.3, 0.4) is 0 Å². The zero-order valence-electron chi connectivity index (χ0n) is 13.8. The molecule has 9 heteroatoms. The van der Waals surface area contributed by atoms with Gasteiger partial charge in [0.25, 0.3) is 5.91 Å². The summed E-state index contributed by atoms with van der Waals surface area (Å²) in [4.78, 5) is 28.0. The number of benzene rings is 2. The Balaban J connectivity index is 1.94. The average molecular weight is 405 g/mol. The molecule has 0 spiro atoms. The lowest BCUT2D eigenvalue weighted by molar-refractivity contribution is 0.0949. The van der Waals surface area contributed by atoms with E-state index in [0.29, 0.717) is 10.5 Å². The Morgan fingerprint density at radius 3 is 2.59 bits per heavy atom. The Labute approximate surface area is 163 Å². The fraction of sp³-hybridized carbons (Fsp3) is 0.0556. The largest absolute Gasteiger partial charge is 0.360 e. The monoisotopic (exact) mass is 404 g/mol. The molecule has 0 saturated carbocycles. The van der Waals surface area contributed by atoms with Gasteiger partial charge in [0.1, 0.15) is 16.4 Å². The number of nitrogens with one attached hydrogen (secondary N) is 3. The molecule has 0 aliphatic rings. The lowest BCUT2D eigenvalue weighted by atomic mass is 10.1. The number of rotatable bonds is 4. The van der Waals surface area contributed by atoms with Crippen LogP contribution in [0.25, 0.3) is 10.9 Å². The number of pyridine rings is 1. The van der Waals surface area contributed by atoms with E-state index in [1.807, 2.05) is 0 Å². The first-order chi connectivity index (χ1) is 12.9. The molecule has 2 aromatic carbocycles. The quantitative estimate of drug-likeness (QED) is 0.304. The summed E-state index contributed by atoms with van der Waals surface area (Å²) in [6.45, 7) is 0.211. The molecule has 0 unspecified atom stereocenters. The van der Waals surface area contributed by atoms with E-state index in [1.165, 1.54) is 6.20 Å². The number of halogens is 2. The summed E-state index contributed by atoms with van der Waals surface area (Å²) in [5, 5.41) is 3.23. The summed E-state index contributed by atoms with van der Waals surface area (Å²) in [5.41, 5.74) is 2.84. The number of thiocarbonyl (C=S) groups is 1. The second kappa shape index (κ2) is 7.83. The minimum absolute atomic E-state index is 0.00161. The SMILES string of the molecule is NNC(=S)c1cc(F)cc2c(=O)c(C(=O)NCc3ccc(Cl)cc3)c[nH]c12. The minimum atomic E-state index is -0.667. The van der Waals surface area contributed by atoms with E-state index in [1.54, 1.807) is 24.3 Å². The fourth-order valence-electron chi connectivity index (χ4n) is 2.60. The molecule has 0 fully saturated rings. The van der Waals surface area contributed by atoms with Gasteiger partial charge in [-0.15, -0.1) is 0 Å². The van der Waals surface area contributed by atoms with Crippen molar-refractivity contribution in [1.82, 2.24) is 15.7 Å². The van der Waals surface area contributed by atoms with Crippen LogP contribution in [-0.2, 0) is 6.54 Å². The highest BCUT2D eigenvalue weighted by Gasteiger charge is 2.17. The van der Waals surface area contributed by atoms with Gasteiger partial charge >= 0.3 is 0 Å². The zero-order chi connectivity index (χ0) is 19.6. The van der Waals surface area contributed by atoms with Crippen LogP contribution in [0.2, 0.25) is 5.02 Å². The van der Waals surface area contributed by atoms with E-state index in [9.17, 15) is 14.0 Å². The standard InChI is InChI=1S/C18H14ClFN4O2S/c19-10-3-1-9(2-4-10)7-23-17(26)14-8-22-15-12(16(14)25)5-11(20)6-13(15)18(27)24-21/h1-6,8H,7,21H2,(H,22,25)(H,23,26)(H,24,27). The fourth-order valence-corrected chi connectivity index (χ4v) is 2.89. The molecule has 0 bridgehead atoms. The van der Waals surface area contributed by atoms with Crippen LogP contribution in [0.1, 0.15) is 21.5 Å². The molecular formula is C18H14ClFN4O2S. The Hall–Kier alpha value is -2.81. The molecule has 0 aliphatic carbocycles. The van der Waals surface area contributed by atoms with Crippen molar-refractivity contribution in [2.45, 2.75) is 6.54 Å². The number of nitrogens with two attached hydrogens (primary N) is 1. The van der Waals surface area contributed by atoms with Gasteiger partial charge in [-0.05, 0) is 29.8 Å². The van der Waals surface area contributed by atoms with Crippen LogP contribution in [0.15, 0.2) is 47.4 Å². The average Bonchev–Trinajstić information content (AvgIpc) is 2.67. The number of carbonyl (C=O) groups is 1. The molecular weight excluding hydrogens is 391 g/mol. The van der Waals surface area contributed by atoms with Gasteiger partial charge in [0, 0.05) is 28.7 Å². The lowest BCUT2D eigenvalue weighted by Gasteiger charge is -2.10. The number of carbonyl (C=O) groups excluding carboxylic acids is 1. The van der Waals surface area contributed by atoms with Gasteiger partial charge in [-0.1, -0.05) is 36.0 Å². The van der Waals surface area contributed by atoms with Gasteiger partial charge in [-0.2, -0.15) is 0 Å². The normalized spacial score (nSPS) is 10.6. The molecule has 1 amide bonds. The first-order valence-corrected chi connectivity index (χ1v) is 8.58. The van der Waals surface area contributed by atoms with Crippen LogP contribution in [-0.4, -0.2) is 15.9 Å². The van der Waals surface area contributed by atoms with Gasteiger partial charge in [0.2, 0.25) is 5.43 Å². The molecule has 0 atom stereocenters. The zero-order valence-corrected chi connectivity index (χ0v) is 15.4. The third-order valence-corrected chi connectivity index (χ3v) is 4.53. The Morgan fingerprint density at radius 2 is 1.93 bits per heavy atom. The first kappa shape index (κ1) is 19.0. The van der Waals surface area contributed by atoms with Crippen molar-refractivity contribution in [3.05, 3.63) is 80.3 Å². The molecule has 0 radical (unpaired) electrons. The lowest BCUT2D eigenvalue weighted by Crippen LogP contribution is -2.31. The summed E-state index contributed by atoms with van der Waals surface area (Å²) >= 11 is 10.8. The number of H-pyrrole nitrogens is 1. The van der Waals surface area contributed by atoms with Crippen molar-refractivity contribution >= 4 is 45.6 Å². The van der Waals surface area contributed by atoms with E-state index in [-0.39, 0.29) is 28.0 Å². The van der Waals surface area contributed by atoms with Crippen LogP contribution >= 0.6 is 23.8 Å². The van der Waals surface area contributed by atoms with Gasteiger partial charge in [-0.25, -0.2) is 10.2 Å². The molecule has 27 heavy (non-hydrogen) atoms. The summed E-state index contributed by atoms with van der Waals surface area (Å²) < 4.78 is 13.9. The highest BCUT2D eigenvalue weighted by molar-refractivity contribution is 7.80. The molecule has 138 valence electrons. The van der Waals surface area contributed by atoms with E-state index < -0.39 is 17.2 Å². The second-order valence-electron chi connectivity index (χ2n) is 5.69. The summed E-state index contributed by atoms with van der Waals surface area (Å²) in [7, 11) is 0. The van der Waals surface area contributed by atoms with Crippen LogP contribution < -0.4 is 22.0 Å². The van der Waals surface area contributed by atoms with Gasteiger partial charge in [0.15, 0.2) is 0 Å². The van der Waals surface area contributed by atoms with Crippen LogP contribution in [0, 0.1) is 5.82 Å². The molecule has 3 aromatic rings. The first-order valence-electron chi connectivity index (χ1n) is 7.79. The van der Waals surface area contributed by atoms with Crippen molar-refractivity contribution in [3.63, 3.8) is 0 Å². The smallest absolute Gasteiger partial charge is 0.257 e. The highest BCUT2D eigenvalue weighted by Crippen LogP contribution is 2.17. The van der Waals surface area contributed by atoms with Crippen molar-refractivity contribution in [2.75, 3.05) is 0 Å². The Bertz CT molecular complexity index is 1100. The van der Waals surface area contributed by atoms with Crippen LogP contribution in [0.5, 0.6) is 0 Å². The van der Waals surface area contributed by atoms with E-state index in [4.69, 9.17) is 29.7 Å². The molecule has 5 N–H and O–H groups in total. The van der Waals surface area contributed by atoms with Gasteiger partial charge in [0.05, 0.1) is 5.52 Å². The van der Waals surface area contributed by atoms with Gasteiger partial charge < -0.3 is 15.7 Å². The third kappa shape index (κ3) is 3.97. The van der Waals surface area contributed by atoms with E-state index in [0.717, 1.165) is 17.7 Å². The van der Waals surface area contributed by atoms with Gasteiger partial charge in [-0.3, -0.25) is 9.59 Å². The predicted octanol–water partition coefficient (Wildman–Crippen LogP) is 2.39. The number of aromatic amines is 1. The second-order valence-corrected chi connectivity index (χ2v) is 6.53. The number of hydrazine groups is 1. The number of amides is 1. The highest BCUT2D eigenvalue weighted by atomic mass is 35.5. The Kier molecular flexibility index (Phi) is 5.50. The topological polar surface area (TPSA) is 100 Å². The maximum absolute atomic E-state index is 13.9. The van der Waals surface area contributed by atoms with E-state index >= 15 is 0 Å². The number of hydrogen-bond acceptors (Lipinski definition) is 4. The molecule has 0 aliphatic heterocycles. The third-order valence-electron chi connectivity index (χ3n) is 3.94. The Morgan fingerprint density at radius 1 is 1.22 bits per heavy atom. The minimum Gasteiger partial charge on any atom is -0.360 e. The summed E-state index contributed by atoms with van der Waals surface area (Å²) in [6, 6.07) is 9.12. The molecule has 6 nitrogen and oxygen atoms in total. The molecule has 1 heterocycles. The summed E-state index contributed by atoms with van der Waals surface area (Å²) in [5.74, 6) is 4.04. The van der Waals surface area contributed by atoms with Crippen LogP contribution in [0.4, 0.5) is 4.39 Å². The maximum Gasteiger partial charge on any atom is 0.257 e. The molecule has 1 aromatic heterocycles. The number of fused-ring (bicyclic) bond motifs is 1. The number of hydrogen-bond donors (Lipinski definition) is 4. The van der Waals surface area contributed by atoms with Crippen molar-refractivity contribution in [1.29, 1.82) is 0 Å². The van der Waals surface area contributed by atoms with Crippen molar-refractivity contribution in [3.8, 4) is 0 Å². The van der Waals surface area contributed by atoms with E-state index in [2.05, 4.69) is 15.7 Å². The maximum atomic E-state index is 13.9. The number of aromatic nitrogens is 1. The molecule has 0 saturated heterocycles. The van der Waals surface area contributed by atoms with Crippen molar-refractivity contribution < 1.29 is 9.18 Å². The molecule has 3 rings (SSSR count). The summed E-state index contributed by atoms with van der Waals surface area (Å²) in [6.07, 6.45) is 1.27.